The molecule has 6 heteroatoms. The number of carbonyl (C=O) groups is 1. The standard InChI is InChI=1S/C11H14Br2O3S/c1-11(2,5-9(15)16)4-7(14)6-3-8(12)17-10(6)13/h3,7,14H,4-5H2,1-2H3,(H,15,16). The summed E-state index contributed by atoms with van der Waals surface area (Å²) in [7, 11) is 0. The van der Waals surface area contributed by atoms with Crippen molar-refractivity contribution in [1.82, 2.24) is 0 Å². The van der Waals surface area contributed by atoms with Gasteiger partial charge in [-0.3, -0.25) is 4.79 Å². The molecule has 0 bridgehead atoms. The Morgan fingerprint density at radius 2 is 2.12 bits per heavy atom. The summed E-state index contributed by atoms with van der Waals surface area (Å²) in [6, 6.07) is 1.86. The molecular formula is C11H14Br2O3S. The lowest BCUT2D eigenvalue weighted by molar-refractivity contribution is -0.139. The second kappa shape index (κ2) is 5.82. The lowest BCUT2D eigenvalue weighted by atomic mass is 9.82. The summed E-state index contributed by atoms with van der Waals surface area (Å²) >= 11 is 8.24. The van der Waals surface area contributed by atoms with Crippen molar-refractivity contribution in [3.8, 4) is 0 Å². The molecule has 1 heterocycles. The molecule has 0 saturated carbocycles. The molecule has 1 aromatic rings. The average Bonchev–Trinajstić information content (AvgIpc) is 2.41. The van der Waals surface area contributed by atoms with Crippen LogP contribution < -0.4 is 0 Å². The predicted octanol–water partition coefficient (Wildman–Crippen LogP) is 4.20. The zero-order valence-electron chi connectivity index (χ0n) is 9.54. The number of thiophene rings is 1. The molecule has 0 spiro atoms. The van der Waals surface area contributed by atoms with Crippen LogP contribution in [0.15, 0.2) is 13.6 Å². The Hall–Kier alpha value is 0.0900. The summed E-state index contributed by atoms with van der Waals surface area (Å²) in [4.78, 5) is 10.7. The number of hydrogen-bond donors (Lipinski definition) is 2. The van der Waals surface area contributed by atoms with E-state index >= 15 is 0 Å². The summed E-state index contributed by atoms with van der Waals surface area (Å²) in [6.45, 7) is 3.69. The number of carboxylic acid groups (broad SMARTS) is 1. The number of aliphatic hydroxyl groups is 1. The molecule has 3 nitrogen and oxygen atoms in total. The van der Waals surface area contributed by atoms with Gasteiger partial charge in [-0.05, 0) is 49.8 Å². The third-order valence-electron chi connectivity index (χ3n) is 2.42. The molecule has 96 valence electrons. The van der Waals surface area contributed by atoms with Gasteiger partial charge in [-0.2, -0.15) is 0 Å². The van der Waals surface area contributed by atoms with Crippen LogP contribution in [-0.4, -0.2) is 16.2 Å². The third-order valence-corrected chi connectivity index (χ3v) is 4.80. The fraction of sp³-hybridized carbons (Fsp3) is 0.545. The highest BCUT2D eigenvalue weighted by molar-refractivity contribution is 9.12. The molecule has 1 atom stereocenters. The fourth-order valence-electron chi connectivity index (χ4n) is 1.70. The number of carboxylic acids is 1. The molecule has 1 unspecified atom stereocenters. The number of halogens is 2. The first-order valence-electron chi connectivity index (χ1n) is 5.06. The Morgan fingerprint density at radius 1 is 1.53 bits per heavy atom. The fourth-order valence-corrected chi connectivity index (χ4v) is 4.65. The maximum atomic E-state index is 10.7. The largest absolute Gasteiger partial charge is 0.481 e. The molecule has 1 rings (SSSR count). The molecule has 0 fully saturated rings. The third kappa shape index (κ3) is 4.69. The average molecular weight is 386 g/mol. The van der Waals surface area contributed by atoms with Crippen molar-refractivity contribution < 1.29 is 15.0 Å². The van der Waals surface area contributed by atoms with Crippen molar-refractivity contribution in [1.29, 1.82) is 0 Å². The van der Waals surface area contributed by atoms with Crippen LogP contribution in [0.3, 0.4) is 0 Å². The minimum absolute atomic E-state index is 0.0486. The van der Waals surface area contributed by atoms with Gasteiger partial charge in [-0.15, -0.1) is 11.3 Å². The normalized spacial score (nSPS) is 13.7. The Balaban J connectivity index is 2.75. The summed E-state index contributed by atoms with van der Waals surface area (Å²) in [5.41, 5.74) is 0.374. The first kappa shape index (κ1) is 15.1. The van der Waals surface area contributed by atoms with Gasteiger partial charge in [0.1, 0.15) is 0 Å². The molecule has 2 N–H and O–H groups in total. The number of rotatable bonds is 5. The van der Waals surface area contributed by atoms with E-state index in [2.05, 4.69) is 31.9 Å². The zero-order chi connectivity index (χ0) is 13.2. The smallest absolute Gasteiger partial charge is 0.303 e. The molecule has 1 aromatic heterocycles. The highest BCUT2D eigenvalue weighted by atomic mass is 79.9. The Bertz CT molecular complexity index is 415. The lowest BCUT2D eigenvalue weighted by Gasteiger charge is -2.25. The van der Waals surface area contributed by atoms with Gasteiger partial charge in [0.05, 0.1) is 20.1 Å². The second-order valence-corrected chi connectivity index (χ2v) is 8.48. The van der Waals surface area contributed by atoms with Crippen LogP contribution >= 0.6 is 43.2 Å². The quantitative estimate of drug-likeness (QED) is 0.798. The minimum atomic E-state index is -0.840. The topological polar surface area (TPSA) is 57.5 Å². The maximum absolute atomic E-state index is 10.7. The van der Waals surface area contributed by atoms with Gasteiger partial charge in [-0.1, -0.05) is 13.8 Å². The molecule has 0 aliphatic carbocycles. The SMILES string of the molecule is CC(C)(CC(=O)O)CC(O)c1cc(Br)sc1Br. The van der Waals surface area contributed by atoms with Crippen molar-refractivity contribution in [2.45, 2.75) is 32.8 Å². The summed E-state index contributed by atoms with van der Waals surface area (Å²) in [5.74, 6) is -0.840. The van der Waals surface area contributed by atoms with E-state index in [0.717, 1.165) is 13.1 Å². The zero-order valence-corrected chi connectivity index (χ0v) is 13.5. The first-order chi connectivity index (χ1) is 7.71. The molecule has 0 aromatic carbocycles. The Labute approximate surface area is 121 Å². The van der Waals surface area contributed by atoms with E-state index in [1.54, 1.807) is 0 Å². The van der Waals surface area contributed by atoms with E-state index in [4.69, 9.17) is 5.11 Å². The number of aliphatic hydroxyl groups excluding tert-OH is 1. The molecule has 0 saturated heterocycles. The molecule has 0 amide bonds. The van der Waals surface area contributed by atoms with Crippen molar-refractivity contribution >= 4 is 49.2 Å². The molecule has 0 aliphatic rings. The van der Waals surface area contributed by atoms with Gasteiger partial charge in [0.2, 0.25) is 0 Å². The van der Waals surface area contributed by atoms with Crippen LogP contribution in [0, 0.1) is 5.41 Å². The van der Waals surface area contributed by atoms with E-state index in [0.29, 0.717) is 6.42 Å². The van der Waals surface area contributed by atoms with Crippen LogP contribution in [0.1, 0.15) is 38.4 Å². The van der Waals surface area contributed by atoms with Crippen LogP contribution in [0.25, 0.3) is 0 Å². The highest BCUT2D eigenvalue weighted by Gasteiger charge is 2.27. The van der Waals surface area contributed by atoms with Gasteiger partial charge < -0.3 is 10.2 Å². The van der Waals surface area contributed by atoms with Crippen molar-refractivity contribution in [3.63, 3.8) is 0 Å². The van der Waals surface area contributed by atoms with Crippen LogP contribution in [0.5, 0.6) is 0 Å². The van der Waals surface area contributed by atoms with Gasteiger partial charge >= 0.3 is 5.97 Å². The van der Waals surface area contributed by atoms with Crippen molar-refractivity contribution in [2.75, 3.05) is 0 Å². The highest BCUT2D eigenvalue weighted by Crippen LogP contribution is 2.40. The van der Waals surface area contributed by atoms with Gasteiger partial charge in [0.25, 0.3) is 0 Å². The predicted molar refractivity (Wildman–Crippen MR) is 75.3 cm³/mol. The van der Waals surface area contributed by atoms with Crippen LogP contribution in [0.4, 0.5) is 0 Å². The molecular weight excluding hydrogens is 372 g/mol. The van der Waals surface area contributed by atoms with Crippen LogP contribution in [0.2, 0.25) is 0 Å². The lowest BCUT2D eigenvalue weighted by Crippen LogP contribution is -2.20. The Kier molecular flexibility index (Phi) is 5.19. The van der Waals surface area contributed by atoms with Crippen molar-refractivity contribution in [2.24, 2.45) is 5.41 Å². The summed E-state index contributed by atoms with van der Waals surface area (Å²) < 4.78 is 1.82. The van der Waals surface area contributed by atoms with Gasteiger partial charge in [0, 0.05) is 5.56 Å². The number of hydrogen-bond acceptors (Lipinski definition) is 3. The van der Waals surface area contributed by atoms with Crippen LogP contribution in [-0.2, 0) is 4.79 Å². The van der Waals surface area contributed by atoms with E-state index < -0.39 is 17.5 Å². The Morgan fingerprint density at radius 3 is 2.53 bits per heavy atom. The van der Waals surface area contributed by atoms with E-state index in [1.165, 1.54) is 11.3 Å². The van der Waals surface area contributed by atoms with Gasteiger partial charge in [-0.25, -0.2) is 0 Å². The molecule has 17 heavy (non-hydrogen) atoms. The number of aliphatic carboxylic acids is 1. The second-order valence-electron chi connectivity index (χ2n) is 4.73. The summed E-state index contributed by atoms with van der Waals surface area (Å²) in [6.07, 6.45) is -0.185. The maximum Gasteiger partial charge on any atom is 0.303 e. The van der Waals surface area contributed by atoms with E-state index in [-0.39, 0.29) is 6.42 Å². The molecule has 0 aliphatic heterocycles. The van der Waals surface area contributed by atoms with E-state index in [9.17, 15) is 9.90 Å². The minimum Gasteiger partial charge on any atom is -0.481 e. The summed E-state index contributed by atoms with van der Waals surface area (Å²) in [5, 5.41) is 18.9. The monoisotopic (exact) mass is 384 g/mol. The van der Waals surface area contributed by atoms with Gasteiger partial charge in [0.15, 0.2) is 0 Å². The first-order valence-corrected chi connectivity index (χ1v) is 7.46. The molecule has 0 radical (unpaired) electrons. The van der Waals surface area contributed by atoms with Crippen molar-refractivity contribution in [3.05, 3.63) is 19.2 Å². The van der Waals surface area contributed by atoms with E-state index in [1.807, 2.05) is 19.9 Å².